The second-order valence-electron chi connectivity index (χ2n) is 6.16. The van der Waals surface area contributed by atoms with Crippen molar-refractivity contribution in [2.45, 2.75) is 84.0 Å². The fraction of sp³-hybridized carbons (Fsp3) is 0.722. The third-order valence-electron chi connectivity index (χ3n) is 4.36. The summed E-state index contributed by atoms with van der Waals surface area (Å²) in [5.74, 6) is 0.557. The van der Waals surface area contributed by atoms with Crippen LogP contribution in [0.25, 0.3) is 10.3 Å². The fourth-order valence-electron chi connectivity index (χ4n) is 3.06. The Morgan fingerprint density at radius 3 is 2.18 bits per heavy atom. The first kappa shape index (κ1) is 17.3. The van der Waals surface area contributed by atoms with Crippen LogP contribution in [0, 0.1) is 0 Å². The van der Waals surface area contributed by atoms with Gasteiger partial charge in [0.1, 0.15) is 16.7 Å². The molecule has 0 radical (unpaired) electrons. The molecule has 2 aromatic heterocycles. The van der Waals surface area contributed by atoms with Crippen LogP contribution in [-0.4, -0.2) is 15.0 Å². The fourth-order valence-corrected chi connectivity index (χ4v) is 3.70. The van der Waals surface area contributed by atoms with E-state index < -0.39 is 0 Å². The summed E-state index contributed by atoms with van der Waals surface area (Å²) < 4.78 is 0. The summed E-state index contributed by atoms with van der Waals surface area (Å²) >= 11 is 1.62. The molecule has 0 unspecified atom stereocenters. The van der Waals surface area contributed by atoms with Gasteiger partial charge in [-0.25, -0.2) is 15.0 Å². The average Bonchev–Trinajstić information content (AvgIpc) is 3.02. The van der Waals surface area contributed by atoms with Gasteiger partial charge < -0.3 is 0 Å². The maximum Gasteiger partial charge on any atom is 0.146 e. The van der Waals surface area contributed by atoms with Gasteiger partial charge in [0.15, 0.2) is 0 Å². The van der Waals surface area contributed by atoms with E-state index in [0.29, 0.717) is 5.92 Å². The number of hydrogen-bond acceptors (Lipinski definition) is 4. The van der Waals surface area contributed by atoms with Gasteiger partial charge in [-0.2, -0.15) is 0 Å². The molecule has 4 heteroatoms. The third kappa shape index (κ3) is 5.01. The molecule has 2 rings (SSSR count). The molecule has 0 aliphatic heterocycles. The van der Waals surface area contributed by atoms with Crippen LogP contribution in [0.5, 0.6) is 0 Å². The van der Waals surface area contributed by atoms with Gasteiger partial charge in [-0.1, -0.05) is 65.2 Å². The lowest BCUT2D eigenvalue weighted by atomic mass is 9.91. The SMILES string of the molecule is CCCCCCC(CCCCCC)c1ncnc2scnc12. The number of aromatic nitrogens is 3. The van der Waals surface area contributed by atoms with Gasteiger partial charge in [-0.15, -0.1) is 11.3 Å². The van der Waals surface area contributed by atoms with Crippen LogP contribution in [0.15, 0.2) is 11.8 Å². The Bertz CT molecular complexity index is 526. The normalized spacial score (nSPS) is 11.6. The first-order valence-corrected chi connectivity index (χ1v) is 9.78. The number of fused-ring (bicyclic) bond motifs is 1. The molecule has 0 amide bonds. The maximum absolute atomic E-state index is 4.61. The van der Waals surface area contributed by atoms with Gasteiger partial charge in [-0.05, 0) is 12.8 Å². The predicted molar refractivity (Wildman–Crippen MR) is 95.5 cm³/mol. The Morgan fingerprint density at radius 2 is 1.55 bits per heavy atom. The predicted octanol–water partition coefficient (Wildman–Crippen LogP) is 6.11. The Balaban J connectivity index is 2.03. The molecule has 3 nitrogen and oxygen atoms in total. The van der Waals surface area contributed by atoms with E-state index in [1.165, 1.54) is 69.9 Å². The summed E-state index contributed by atoms with van der Waals surface area (Å²) in [6.45, 7) is 4.54. The Labute approximate surface area is 138 Å². The lowest BCUT2D eigenvalue weighted by molar-refractivity contribution is 0.490. The van der Waals surface area contributed by atoms with Crippen molar-refractivity contribution in [3.63, 3.8) is 0 Å². The summed E-state index contributed by atoms with van der Waals surface area (Å²) in [7, 11) is 0. The van der Waals surface area contributed by atoms with Crippen LogP contribution >= 0.6 is 11.3 Å². The van der Waals surface area contributed by atoms with Crippen molar-refractivity contribution in [1.82, 2.24) is 15.0 Å². The molecule has 0 aliphatic carbocycles. The number of nitrogens with zero attached hydrogens (tertiary/aromatic N) is 3. The first-order valence-electron chi connectivity index (χ1n) is 8.90. The Hall–Kier alpha value is -1.03. The van der Waals surface area contributed by atoms with E-state index in [9.17, 15) is 0 Å². The zero-order valence-electron chi connectivity index (χ0n) is 14.1. The lowest BCUT2D eigenvalue weighted by Crippen LogP contribution is -2.04. The number of thiazole rings is 1. The molecule has 0 atom stereocenters. The highest BCUT2D eigenvalue weighted by Crippen LogP contribution is 2.31. The van der Waals surface area contributed by atoms with Crippen molar-refractivity contribution < 1.29 is 0 Å². The molecule has 2 heterocycles. The van der Waals surface area contributed by atoms with Crippen molar-refractivity contribution in [3.05, 3.63) is 17.5 Å². The molecular weight excluding hydrogens is 290 g/mol. The molecule has 0 spiro atoms. The minimum Gasteiger partial charge on any atom is -0.241 e. The summed E-state index contributed by atoms with van der Waals surface area (Å²) in [4.78, 5) is 14.5. The van der Waals surface area contributed by atoms with Crippen LogP contribution in [0.1, 0.15) is 89.7 Å². The maximum atomic E-state index is 4.61. The molecule has 0 saturated carbocycles. The van der Waals surface area contributed by atoms with Gasteiger partial charge in [-0.3, -0.25) is 0 Å². The van der Waals surface area contributed by atoms with Crippen LogP contribution < -0.4 is 0 Å². The summed E-state index contributed by atoms with van der Waals surface area (Å²) in [5.41, 5.74) is 4.14. The minimum absolute atomic E-state index is 0.557. The highest BCUT2D eigenvalue weighted by molar-refractivity contribution is 7.16. The molecule has 22 heavy (non-hydrogen) atoms. The highest BCUT2D eigenvalue weighted by Gasteiger charge is 2.17. The van der Waals surface area contributed by atoms with E-state index in [0.717, 1.165) is 10.3 Å². The van der Waals surface area contributed by atoms with E-state index in [4.69, 9.17) is 0 Å². The van der Waals surface area contributed by atoms with E-state index >= 15 is 0 Å². The van der Waals surface area contributed by atoms with Crippen LogP contribution in [0.3, 0.4) is 0 Å². The van der Waals surface area contributed by atoms with Gasteiger partial charge in [0, 0.05) is 5.92 Å². The van der Waals surface area contributed by atoms with Gasteiger partial charge in [0.2, 0.25) is 0 Å². The van der Waals surface area contributed by atoms with Crippen molar-refractivity contribution in [3.8, 4) is 0 Å². The van der Waals surface area contributed by atoms with E-state index in [-0.39, 0.29) is 0 Å². The minimum atomic E-state index is 0.557. The van der Waals surface area contributed by atoms with E-state index in [1.807, 2.05) is 5.51 Å². The monoisotopic (exact) mass is 319 g/mol. The molecule has 0 bridgehead atoms. The molecule has 122 valence electrons. The van der Waals surface area contributed by atoms with Gasteiger partial charge in [0.05, 0.1) is 11.2 Å². The Kier molecular flexibility index (Phi) is 7.78. The average molecular weight is 320 g/mol. The van der Waals surface area contributed by atoms with Gasteiger partial charge in [0.25, 0.3) is 0 Å². The molecule has 0 saturated heterocycles. The van der Waals surface area contributed by atoms with Crippen LogP contribution in [0.4, 0.5) is 0 Å². The largest absolute Gasteiger partial charge is 0.241 e. The van der Waals surface area contributed by atoms with Crippen molar-refractivity contribution in [2.75, 3.05) is 0 Å². The third-order valence-corrected chi connectivity index (χ3v) is 5.09. The van der Waals surface area contributed by atoms with Crippen molar-refractivity contribution >= 4 is 21.7 Å². The highest BCUT2D eigenvalue weighted by atomic mass is 32.1. The standard InChI is InChI=1S/C18H29N3S/c1-3-5-7-9-11-15(12-10-8-6-4-2)16-17-18(20-13-19-16)22-14-21-17/h13-15H,3-12H2,1-2H3. The van der Waals surface area contributed by atoms with Crippen molar-refractivity contribution in [2.24, 2.45) is 0 Å². The van der Waals surface area contributed by atoms with E-state index in [1.54, 1.807) is 17.7 Å². The zero-order valence-corrected chi connectivity index (χ0v) is 14.9. The van der Waals surface area contributed by atoms with Crippen molar-refractivity contribution in [1.29, 1.82) is 0 Å². The molecule has 2 aromatic rings. The molecule has 0 aliphatic rings. The first-order chi connectivity index (χ1) is 10.9. The molecule has 0 aromatic carbocycles. The lowest BCUT2D eigenvalue weighted by Gasteiger charge is -2.16. The number of rotatable bonds is 11. The molecule has 0 fully saturated rings. The van der Waals surface area contributed by atoms with Crippen LogP contribution in [-0.2, 0) is 0 Å². The molecular formula is C18H29N3S. The number of unbranched alkanes of at least 4 members (excludes halogenated alkanes) is 6. The second kappa shape index (κ2) is 9.88. The second-order valence-corrected chi connectivity index (χ2v) is 6.99. The van der Waals surface area contributed by atoms with Crippen LogP contribution in [0.2, 0.25) is 0 Å². The summed E-state index contributed by atoms with van der Waals surface area (Å²) in [6, 6.07) is 0. The molecule has 0 N–H and O–H groups in total. The summed E-state index contributed by atoms with van der Waals surface area (Å²) in [5, 5.41) is 0. The van der Waals surface area contributed by atoms with Gasteiger partial charge >= 0.3 is 0 Å². The number of hydrogen-bond donors (Lipinski definition) is 0. The zero-order chi connectivity index (χ0) is 15.6. The Morgan fingerprint density at radius 1 is 0.864 bits per heavy atom. The smallest absolute Gasteiger partial charge is 0.146 e. The topological polar surface area (TPSA) is 38.7 Å². The quantitative estimate of drug-likeness (QED) is 0.469. The van der Waals surface area contributed by atoms with E-state index in [2.05, 4.69) is 28.8 Å². The summed E-state index contributed by atoms with van der Waals surface area (Å²) in [6.07, 6.45) is 14.8.